The van der Waals surface area contributed by atoms with Gasteiger partial charge in [0.1, 0.15) is 5.82 Å². The van der Waals surface area contributed by atoms with Crippen LogP contribution in [0.2, 0.25) is 0 Å². The zero-order chi connectivity index (χ0) is 17.1. The summed E-state index contributed by atoms with van der Waals surface area (Å²) in [6, 6.07) is 8.43. The zero-order valence-electron chi connectivity index (χ0n) is 13.7. The number of halogens is 1. The Bertz CT molecular complexity index is 849. The van der Waals surface area contributed by atoms with Crippen molar-refractivity contribution in [3.05, 3.63) is 47.4 Å². The van der Waals surface area contributed by atoms with Crippen molar-refractivity contribution in [2.75, 3.05) is 0 Å². The molecule has 0 unspecified atom stereocenters. The number of aromatic nitrogens is 2. The summed E-state index contributed by atoms with van der Waals surface area (Å²) in [6.45, 7) is 4.25. The van der Waals surface area contributed by atoms with Gasteiger partial charge in [-0.3, -0.25) is 4.79 Å². The summed E-state index contributed by atoms with van der Waals surface area (Å²) in [5.74, 6) is -0.890. The van der Waals surface area contributed by atoms with Crippen molar-refractivity contribution in [1.29, 1.82) is 0 Å². The molecule has 0 aliphatic heterocycles. The quantitative estimate of drug-likeness (QED) is 0.929. The molecule has 2 aliphatic rings. The molecule has 1 fully saturated rings. The van der Waals surface area contributed by atoms with Crippen LogP contribution in [0, 0.1) is 11.2 Å². The lowest BCUT2D eigenvalue weighted by Crippen LogP contribution is -2.37. The molecule has 1 saturated carbocycles. The van der Waals surface area contributed by atoms with Crippen molar-refractivity contribution in [1.82, 2.24) is 10.2 Å². The van der Waals surface area contributed by atoms with E-state index in [0.29, 0.717) is 11.3 Å². The first-order valence-electron chi connectivity index (χ1n) is 8.21. The third-order valence-corrected chi connectivity index (χ3v) is 6.22. The van der Waals surface area contributed by atoms with Gasteiger partial charge in [-0.15, -0.1) is 0 Å². The first-order valence-corrected chi connectivity index (χ1v) is 8.21. The highest BCUT2D eigenvalue weighted by Gasteiger charge is 2.63. The SMILES string of the molecule is CC1(C)[C@@H]2CC[C@@]1(CC(=O)O)c1nnc(-c3ccccc3F)cc12. The van der Waals surface area contributed by atoms with Gasteiger partial charge in [-0.2, -0.15) is 10.2 Å². The van der Waals surface area contributed by atoms with Gasteiger partial charge in [-0.05, 0) is 47.9 Å². The number of rotatable bonds is 3. The maximum absolute atomic E-state index is 14.1. The molecule has 124 valence electrons. The van der Waals surface area contributed by atoms with Gasteiger partial charge >= 0.3 is 5.97 Å². The van der Waals surface area contributed by atoms with Crippen molar-refractivity contribution < 1.29 is 14.3 Å². The summed E-state index contributed by atoms with van der Waals surface area (Å²) in [5.41, 5.74) is 2.13. The minimum absolute atomic E-state index is 0.0667. The lowest BCUT2D eigenvalue weighted by atomic mass is 9.66. The fraction of sp³-hybridized carbons (Fsp3) is 0.421. The molecule has 0 amide bonds. The second kappa shape index (κ2) is 4.85. The molecule has 2 bridgehead atoms. The molecule has 2 atom stereocenters. The van der Waals surface area contributed by atoms with Gasteiger partial charge in [0.05, 0.1) is 17.8 Å². The van der Waals surface area contributed by atoms with Crippen LogP contribution in [-0.4, -0.2) is 21.3 Å². The second-order valence-corrected chi connectivity index (χ2v) is 7.48. The maximum Gasteiger partial charge on any atom is 0.304 e. The molecule has 1 aromatic heterocycles. The number of aliphatic carboxylic acids is 1. The lowest BCUT2D eigenvalue weighted by Gasteiger charge is -2.36. The summed E-state index contributed by atoms with van der Waals surface area (Å²) >= 11 is 0. The standard InChI is InChI=1S/C19H19FN2O2/c1-18(2)13-7-8-19(18,10-16(23)24)17-12(13)9-15(21-22-17)11-5-3-4-6-14(11)20/h3-6,9,13H,7-8,10H2,1-2H3,(H,23,24)/t13-,19-/m1/s1. The third-order valence-electron chi connectivity index (χ3n) is 6.22. The Hall–Kier alpha value is -2.30. The van der Waals surface area contributed by atoms with Gasteiger partial charge in [0.25, 0.3) is 0 Å². The molecule has 24 heavy (non-hydrogen) atoms. The molecular formula is C19H19FN2O2. The predicted molar refractivity (Wildman–Crippen MR) is 87.1 cm³/mol. The van der Waals surface area contributed by atoms with Gasteiger partial charge in [0.2, 0.25) is 0 Å². The fourth-order valence-electron chi connectivity index (χ4n) is 4.88. The first-order chi connectivity index (χ1) is 11.4. The Morgan fingerprint density at radius 2 is 2.08 bits per heavy atom. The van der Waals surface area contributed by atoms with E-state index in [1.54, 1.807) is 18.2 Å². The second-order valence-electron chi connectivity index (χ2n) is 7.48. The Morgan fingerprint density at radius 3 is 2.79 bits per heavy atom. The largest absolute Gasteiger partial charge is 0.481 e. The molecule has 2 aromatic rings. The molecule has 0 saturated heterocycles. The average Bonchev–Trinajstić information content (AvgIpc) is 2.88. The van der Waals surface area contributed by atoms with Crippen molar-refractivity contribution >= 4 is 5.97 Å². The Balaban J connectivity index is 1.88. The van der Waals surface area contributed by atoms with Crippen molar-refractivity contribution in [3.63, 3.8) is 0 Å². The van der Waals surface area contributed by atoms with E-state index < -0.39 is 11.4 Å². The van der Waals surface area contributed by atoms with Gasteiger partial charge in [0.15, 0.2) is 0 Å². The Kier molecular flexibility index (Phi) is 3.08. The van der Waals surface area contributed by atoms with Crippen LogP contribution < -0.4 is 0 Å². The smallest absolute Gasteiger partial charge is 0.304 e. The molecular weight excluding hydrogens is 307 g/mol. The Morgan fingerprint density at radius 1 is 1.33 bits per heavy atom. The van der Waals surface area contributed by atoms with Crippen LogP contribution in [0.5, 0.6) is 0 Å². The van der Waals surface area contributed by atoms with Crippen molar-refractivity contribution in [2.24, 2.45) is 5.41 Å². The topological polar surface area (TPSA) is 63.1 Å². The van der Waals surface area contributed by atoms with E-state index in [0.717, 1.165) is 24.1 Å². The highest BCUT2D eigenvalue weighted by atomic mass is 19.1. The van der Waals surface area contributed by atoms with Crippen molar-refractivity contribution in [2.45, 2.75) is 44.4 Å². The molecule has 1 aromatic carbocycles. The van der Waals surface area contributed by atoms with E-state index in [9.17, 15) is 14.3 Å². The first kappa shape index (κ1) is 15.2. The normalized spacial score (nSPS) is 26.4. The molecule has 5 heteroatoms. The molecule has 4 rings (SSSR count). The number of carbonyl (C=O) groups is 1. The maximum atomic E-state index is 14.1. The van der Waals surface area contributed by atoms with Gasteiger partial charge in [-0.1, -0.05) is 26.0 Å². The van der Waals surface area contributed by atoms with E-state index in [1.165, 1.54) is 6.07 Å². The van der Waals surface area contributed by atoms with E-state index in [1.807, 2.05) is 6.07 Å². The number of benzene rings is 1. The molecule has 1 heterocycles. The van der Waals surface area contributed by atoms with Gasteiger partial charge < -0.3 is 5.11 Å². The van der Waals surface area contributed by atoms with Crippen LogP contribution in [0.3, 0.4) is 0 Å². The van der Waals surface area contributed by atoms with Crippen LogP contribution in [0.25, 0.3) is 11.3 Å². The zero-order valence-corrected chi connectivity index (χ0v) is 13.7. The predicted octanol–water partition coefficient (Wildman–Crippen LogP) is 3.91. The summed E-state index contributed by atoms with van der Waals surface area (Å²) in [6.07, 6.45) is 1.82. The van der Waals surface area contributed by atoms with E-state index in [4.69, 9.17) is 0 Å². The third kappa shape index (κ3) is 1.81. The van der Waals surface area contributed by atoms with Crippen LogP contribution >= 0.6 is 0 Å². The summed E-state index contributed by atoms with van der Waals surface area (Å²) < 4.78 is 14.1. The van der Waals surface area contributed by atoms with Gasteiger partial charge in [0, 0.05) is 11.0 Å². The highest BCUT2D eigenvalue weighted by molar-refractivity contribution is 5.71. The number of carboxylic acids is 1. The summed E-state index contributed by atoms with van der Waals surface area (Å²) in [4.78, 5) is 11.5. The average molecular weight is 326 g/mol. The van der Waals surface area contributed by atoms with E-state index in [2.05, 4.69) is 24.0 Å². The van der Waals surface area contributed by atoms with Crippen LogP contribution in [0.4, 0.5) is 4.39 Å². The molecule has 0 spiro atoms. The number of carboxylic acid groups (broad SMARTS) is 1. The Labute approximate surface area is 139 Å². The minimum Gasteiger partial charge on any atom is -0.481 e. The number of fused-ring (bicyclic) bond motifs is 5. The number of hydrogen-bond donors (Lipinski definition) is 1. The van der Waals surface area contributed by atoms with Crippen LogP contribution in [-0.2, 0) is 10.2 Å². The molecule has 0 radical (unpaired) electrons. The minimum atomic E-state index is -0.809. The van der Waals surface area contributed by atoms with Crippen molar-refractivity contribution in [3.8, 4) is 11.3 Å². The molecule has 4 nitrogen and oxygen atoms in total. The van der Waals surface area contributed by atoms with Gasteiger partial charge in [-0.25, -0.2) is 4.39 Å². The lowest BCUT2D eigenvalue weighted by molar-refractivity contribution is -0.139. The summed E-state index contributed by atoms with van der Waals surface area (Å²) in [7, 11) is 0. The highest BCUT2D eigenvalue weighted by Crippen LogP contribution is 2.68. The van der Waals surface area contributed by atoms with Crippen LogP contribution in [0.1, 0.15) is 50.3 Å². The number of hydrogen-bond acceptors (Lipinski definition) is 3. The monoisotopic (exact) mass is 326 g/mol. The number of nitrogens with zero attached hydrogens (tertiary/aromatic N) is 2. The van der Waals surface area contributed by atoms with Crippen LogP contribution in [0.15, 0.2) is 30.3 Å². The van der Waals surface area contributed by atoms with E-state index in [-0.39, 0.29) is 23.6 Å². The molecule has 1 N–H and O–H groups in total. The van der Waals surface area contributed by atoms with E-state index >= 15 is 0 Å². The molecule has 2 aliphatic carbocycles. The summed E-state index contributed by atoms with van der Waals surface area (Å²) in [5, 5.41) is 18.1. The fourth-order valence-corrected chi connectivity index (χ4v) is 4.88.